The van der Waals surface area contributed by atoms with Crippen LogP contribution in [0.4, 0.5) is 0 Å². The molecule has 2 radical (unpaired) electrons. The van der Waals surface area contributed by atoms with Crippen LogP contribution in [0.25, 0.3) is 0 Å². The summed E-state index contributed by atoms with van der Waals surface area (Å²) in [6, 6.07) is -1.03. The van der Waals surface area contributed by atoms with E-state index in [9.17, 15) is 29.3 Å². The average Bonchev–Trinajstić information content (AvgIpc) is 2.97. The number of rotatable bonds is 13. The Morgan fingerprint density at radius 1 is 0.912 bits per heavy atom. The Balaban J connectivity index is 3.35. The molecule has 12 heteroatoms. The number of hydrogen-bond acceptors (Lipinski definition) is 8. The van der Waals surface area contributed by atoms with Crippen LogP contribution in [-0.2, 0) is 22.9 Å². The molecule has 200 valence electrons. The van der Waals surface area contributed by atoms with E-state index in [0.717, 1.165) is 0 Å². The van der Waals surface area contributed by atoms with Crippen molar-refractivity contribution in [3.63, 3.8) is 0 Å². The molecule has 0 amide bonds. The van der Waals surface area contributed by atoms with Crippen LogP contribution in [-0.4, -0.2) is 80.7 Å². The van der Waals surface area contributed by atoms with Gasteiger partial charge in [-0.25, -0.2) is 0 Å². The number of ether oxygens (including phenoxy) is 1. The zero-order valence-corrected chi connectivity index (χ0v) is 23.9. The Bertz CT molecular complexity index is 796. The lowest BCUT2D eigenvalue weighted by Gasteiger charge is -2.51. The molecule has 4 N–H and O–H groups in total. The SMILES string of the molecule is [B][C@@H]1O[C@H](CC(C)(CC)OP(C)(=O)[C@](C)(CC)C(C)(CC)OP(=O)(O)[C@@](C)(O)CC)[C@@H](O)[C@H]1O. The summed E-state index contributed by atoms with van der Waals surface area (Å²) in [6.45, 7) is 14.8. The van der Waals surface area contributed by atoms with Crippen molar-refractivity contribution in [1.29, 1.82) is 0 Å². The van der Waals surface area contributed by atoms with Crippen LogP contribution in [0, 0.1) is 0 Å². The zero-order chi connectivity index (χ0) is 27.0. The lowest BCUT2D eigenvalue weighted by atomic mass is 9.85. The van der Waals surface area contributed by atoms with E-state index >= 15 is 0 Å². The summed E-state index contributed by atoms with van der Waals surface area (Å²) in [6.07, 6.45) is -2.19. The normalized spacial score (nSPS) is 34.1. The van der Waals surface area contributed by atoms with E-state index in [0.29, 0.717) is 12.8 Å². The van der Waals surface area contributed by atoms with E-state index in [2.05, 4.69) is 0 Å². The molecular formula is C22H45BO9P2. The van der Waals surface area contributed by atoms with Gasteiger partial charge in [-0.1, -0.05) is 27.7 Å². The summed E-state index contributed by atoms with van der Waals surface area (Å²) in [5.74, 6) is 0. The lowest BCUT2D eigenvalue weighted by molar-refractivity contribution is -0.0399. The first-order valence-electron chi connectivity index (χ1n) is 12.0. The molecule has 0 aliphatic carbocycles. The molecule has 1 rings (SSSR count). The van der Waals surface area contributed by atoms with E-state index < -0.39 is 61.0 Å². The second kappa shape index (κ2) is 10.9. The van der Waals surface area contributed by atoms with Gasteiger partial charge in [0.05, 0.1) is 28.6 Å². The van der Waals surface area contributed by atoms with Gasteiger partial charge in [0.15, 0.2) is 5.34 Å². The maximum atomic E-state index is 14.3. The molecule has 0 aromatic rings. The third-order valence-electron chi connectivity index (χ3n) is 8.18. The van der Waals surface area contributed by atoms with E-state index in [4.69, 9.17) is 21.6 Å². The fourth-order valence-corrected chi connectivity index (χ4v) is 8.77. The molecule has 1 aliphatic rings. The molecule has 0 spiro atoms. The van der Waals surface area contributed by atoms with Gasteiger partial charge < -0.3 is 29.5 Å². The van der Waals surface area contributed by atoms with Crippen molar-refractivity contribution in [1.82, 2.24) is 0 Å². The Hall–Kier alpha value is 0.245. The molecular weight excluding hydrogens is 481 g/mol. The van der Waals surface area contributed by atoms with E-state index in [1.165, 1.54) is 13.6 Å². The molecule has 4 unspecified atom stereocenters. The molecule has 34 heavy (non-hydrogen) atoms. The third kappa shape index (κ3) is 6.03. The van der Waals surface area contributed by atoms with Crippen molar-refractivity contribution >= 4 is 22.8 Å². The van der Waals surface area contributed by atoms with Gasteiger partial charge in [0, 0.05) is 19.1 Å². The number of hydrogen-bond donors (Lipinski definition) is 4. The average molecular weight is 526 g/mol. The highest BCUT2D eigenvalue weighted by Gasteiger charge is 2.60. The Morgan fingerprint density at radius 3 is 1.79 bits per heavy atom. The van der Waals surface area contributed by atoms with E-state index in [1.807, 2.05) is 6.92 Å². The van der Waals surface area contributed by atoms with Gasteiger partial charge in [-0.05, 0) is 53.4 Å². The van der Waals surface area contributed by atoms with Crippen molar-refractivity contribution in [2.75, 3.05) is 6.66 Å². The first kappa shape index (κ1) is 32.3. The largest absolute Gasteiger partial charge is 0.388 e. The van der Waals surface area contributed by atoms with Crippen LogP contribution >= 0.6 is 15.0 Å². The molecule has 1 aliphatic heterocycles. The lowest BCUT2D eigenvalue weighted by Crippen LogP contribution is -2.52. The van der Waals surface area contributed by atoms with E-state index in [-0.39, 0.29) is 19.3 Å². The van der Waals surface area contributed by atoms with Crippen molar-refractivity contribution < 1.29 is 43.1 Å². The van der Waals surface area contributed by atoms with Gasteiger partial charge in [-0.2, -0.15) is 0 Å². The summed E-state index contributed by atoms with van der Waals surface area (Å²) >= 11 is 0. The molecule has 1 heterocycles. The zero-order valence-electron chi connectivity index (χ0n) is 22.1. The summed E-state index contributed by atoms with van der Waals surface area (Å²) in [7, 11) is -2.44. The standard InChI is InChI=1S/C22H45BO9P2/c1-10-19(5,14-15-16(24)17(25)18(23)30-15)31-33(9,27)21(7,12-3)20(6,11-2)32-34(28,29)22(8,26)13-4/h15-18,24-26H,10-14H2,1-9H3,(H,28,29)/t15-,16-,17-,18-,19?,20?,21-,22-,33?/m1/s1. The Labute approximate surface area is 206 Å². The molecule has 0 bridgehead atoms. The van der Waals surface area contributed by atoms with Crippen LogP contribution < -0.4 is 0 Å². The second-order valence-corrected chi connectivity index (χ2v) is 15.5. The predicted molar refractivity (Wildman–Crippen MR) is 134 cm³/mol. The topological polar surface area (TPSA) is 143 Å². The highest BCUT2D eigenvalue weighted by Crippen LogP contribution is 2.69. The summed E-state index contributed by atoms with van der Waals surface area (Å²) in [5, 5.41) is 27.6. The second-order valence-electron chi connectivity index (χ2n) is 10.5. The first-order valence-corrected chi connectivity index (χ1v) is 15.7. The van der Waals surface area contributed by atoms with Gasteiger partial charge in [0.25, 0.3) is 0 Å². The fraction of sp³-hybridized carbons (Fsp3) is 1.00. The van der Waals surface area contributed by atoms with Gasteiger partial charge >= 0.3 is 7.60 Å². The molecule has 1 saturated heterocycles. The maximum absolute atomic E-state index is 14.3. The van der Waals surface area contributed by atoms with Crippen molar-refractivity contribution in [2.24, 2.45) is 0 Å². The number of aliphatic hydroxyl groups is 3. The molecule has 0 aromatic carbocycles. The minimum absolute atomic E-state index is 0.00466. The van der Waals surface area contributed by atoms with Crippen molar-refractivity contribution in [3.05, 3.63) is 0 Å². The van der Waals surface area contributed by atoms with Gasteiger partial charge in [-0.3, -0.25) is 13.7 Å². The van der Waals surface area contributed by atoms with Crippen molar-refractivity contribution in [2.45, 2.75) is 134 Å². The summed E-state index contributed by atoms with van der Waals surface area (Å²) in [4.78, 5) is 10.7. The molecule has 9 nitrogen and oxygen atoms in total. The minimum Gasteiger partial charge on any atom is -0.388 e. The van der Waals surface area contributed by atoms with Crippen LogP contribution in [0.1, 0.15) is 87.5 Å². The highest BCUT2D eigenvalue weighted by molar-refractivity contribution is 7.60. The van der Waals surface area contributed by atoms with Gasteiger partial charge in [0.1, 0.15) is 14.0 Å². The van der Waals surface area contributed by atoms with Crippen molar-refractivity contribution in [3.8, 4) is 0 Å². The number of aliphatic hydroxyl groups excluding tert-OH is 2. The minimum atomic E-state index is -4.53. The Kier molecular flexibility index (Phi) is 10.4. The van der Waals surface area contributed by atoms with E-state index in [1.54, 1.807) is 41.5 Å². The quantitative estimate of drug-likeness (QED) is 0.209. The predicted octanol–water partition coefficient (Wildman–Crippen LogP) is 3.74. The molecule has 10 atom stereocenters. The summed E-state index contributed by atoms with van der Waals surface area (Å²) < 4.78 is 45.0. The van der Waals surface area contributed by atoms with Gasteiger partial charge in [0.2, 0.25) is 7.37 Å². The summed E-state index contributed by atoms with van der Waals surface area (Å²) in [5.41, 5.74) is -2.41. The third-order valence-corrected chi connectivity index (χ3v) is 13.7. The maximum Gasteiger partial charge on any atom is 0.359 e. The fourth-order valence-electron chi connectivity index (χ4n) is 4.34. The molecule has 0 aromatic heterocycles. The van der Waals surface area contributed by atoms with Crippen LogP contribution in [0.5, 0.6) is 0 Å². The molecule has 0 saturated carbocycles. The smallest absolute Gasteiger partial charge is 0.359 e. The molecule has 1 fully saturated rings. The highest BCUT2D eigenvalue weighted by atomic mass is 31.2. The van der Waals surface area contributed by atoms with Crippen LogP contribution in [0.2, 0.25) is 0 Å². The van der Waals surface area contributed by atoms with Crippen LogP contribution in [0.3, 0.4) is 0 Å². The van der Waals surface area contributed by atoms with Crippen LogP contribution in [0.15, 0.2) is 0 Å². The Morgan fingerprint density at radius 2 is 1.44 bits per heavy atom. The monoisotopic (exact) mass is 526 g/mol. The van der Waals surface area contributed by atoms with Gasteiger partial charge in [-0.15, -0.1) is 0 Å². The first-order chi connectivity index (χ1) is 15.2.